The van der Waals surface area contributed by atoms with Gasteiger partial charge in [0.25, 0.3) is 5.91 Å². The van der Waals surface area contributed by atoms with Gasteiger partial charge in [0.15, 0.2) is 0 Å². The first-order valence-corrected chi connectivity index (χ1v) is 13.1. The van der Waals surface area contributed by atoms with E-state index in [1.807, 2.05) is 13.8 Å². The molecule has 2 amide bonds. The first-order chi connectivity index (χ1) is 16.6. The molecule has 1 aromatic rings. The molecule has 1 spiro atoms. The summed E-state index contributed by atoms with van der Waals surface area (Å²) < 4.78 is 6.33. The number of aliphatic hydroxyl groups is 1. The SMILES string of the molecule is C=CCN(C(=O)C1N([C@@H](CO)[C@@H](C)CC)C(=O)[C@@H]2[C@@H](C(=O)O)[C@@H]3OC12CC3Br)c1ccc(Cl)cc1. The Labute approximate surface area is 218 Å². The molecule has 1 aromatic carbocycles. The summed E-state index contributed by atoms with van der Waals surface area (Å²) in [5, 5.41) is 20.9. The number of nitrogens with zero attached hydrogens (tertiary/aromatic N) is 2. The van der Waals surface area contributed by atoms with Crippen molar-refractivity contribution in [2.45, 2.75) is 55.3 Å². The van der Waals surface area contributed by atoms with Gasteiger partial charge in [-0.2, -0.15) is 0 Å². The van der Waals surface area contributed by atoms with E-state index in [0.717, 1.165) is 0 Å². The van der Waals surface area contributed by atoms with Gasteiger partial charge in [0, 0.05) is 22.1 Å². The maximum Gasteiger partial charge on any atom is 0.310 e. The largest absolute Gasteiger partial charge is 0.481 e. The summed E-state index contributed by atoms with van der Waals surface area (Å²) in [5.74, 6) is -4.21. The Morgan fingerprint density at radius 2 is 2.06 bits per heavy atom. The van der Waals surface area contributed by atoms with E-state index in [0.29, 0.717) is 23.6 Å². The molecule has 35 heavy (non-hydrogen) atoms. The van der Waals surface area contributed by atoms with Crippen molar-refractivity contribution < 1.29 is 29.3 Å². The molecule has 0 radical (unpaired) electrons. The molecule has 0 aromatic heterocycles. The lowest BCUT2D eigenvalue weighted by Crippen LogP contribution is -2.60. The number of fused-ring (bicyclic) bond motifs is 1. The molecular weight excluding hydrogens is 540 g/mol. The highest BCUT2D eigenvalue weighted by atomic mass is 79.9. The quantitative estimate of drug-likeness (QED) is 0.350. The molecule has 3 unspecified atom stereocenters. The highest BCUT2D eigenvalue weighted by molar-refractivity contribution is 9.09. The number of benzene rings is 1. The molecule has 3 aliphatic rings. The minimum Gasteiger partial charge on any atom is -0.481 e. The van der Waals surface area contributed by atoms with E-state index >= 15 is 0 Å². The Balaban J connectivity index is 1.86. The van der Waals surface area contributed by atoms with Crippen LogP contribution in [0, 0.1) is 17.8 Å². The molecule has 10 heteroatoms. The maximum atomic E-state index is 14.3. The van der Waals surface area contributed by atoms with Crippen LogP contribution in [0.5, 0.6) is 0 Å². The smallest absolute Gasteiger partial charge is 0.310 e. The predicted molar refractivity (Wildman–Crippen MR) is 135 cm³/mol. The number of carbonyl (C=O) groups is 3. The fourth-order valence-electron chi connectivity index (χ4n) is 6.02. The van der Waals surface area contributed by atoms with E-state index in [2.05, 4.69) is 22.5 Å². The number of likely N-dealkylation sites (tertiary alicyclic amines) is 1. The van der Waals surface area contributed by atoms with Crippen LogP contribution < -0.4 is 4.90 Å². The maximum absolute atomic E-state index is 14.3. The molecule has 3 fully saturated rings. The highest BCUT2D eigenvalue weighted by Crippen LogP contribution is 2.60. The van der Waals surface area contributed by atoms with Crippen molar-refractivity contribution in [2.75, 3.05) is 18.1 Å². The standard InChI is InChI=1S/C25H30BrClN2O6/c1-4-10-28(15-8-6-14(27)7-9-15)23(32)21-25-11-16(26)20(35-25)18(24(33)34)19(25)22(31)29(21)17(12-30)13(3)5-2/h4,6-9,13,16-21,30H,1,5,10-12H2,2-3H3,(H,33,34)/t13-,16?,17-,18+,19-,20+,21?,25?/m0/s1. The minimum atomic E-state index is -1.32. The summed E-state index contributed by atoms with van der Waals surface area (Å²) >= 11 is 9.60. The van der Waals surface area contributed by atoms with Gasteiger partial charge in [0.05, 0.1) is 30.6 Å². The Hall–Kier alpha value is -1.94. The van der Waals surface area contributed by atoms with Gasteiger partial charge in [-0.15, -0.1) is 6.58 Å². The summed E-state index contributed by atoms with van der Waals surface area (Å²) in [7, 11) is 0. The van der Waals surface area contributed by atoms with E-state index in [-0.39, 0.29) is 23.9 Å². The molecule has 3 heterocycles. The third-order valence-corrected chi connectivity index (χ3v) is 8.90. The van der Waals surface area contributed by atoms with Gasteiger partial charge in [0.2, 0.25) is 5.91 Å². The normalized spacial score (nSPS) is 32.9. The molecule has 2 bridgehead atoms. The monoisotopic (exact) mass is 568 g/mol. The van der Waals surface area contributed by atoms with Crippen LogP contribution in [0.3, 0.4) is 0 Å². The van der Waals surface area contributed by atoms with Crippen LogP contribution >= 0.6 is 27.5 Å². The lowest BCUT2D eigenvalue weighted by atomic mass is 9.70. The van der Waals surface area contributed by atoms with Gasteiger partial charge in [-0.05, 0) is 36.6 Å². The number of aliphatic carboxylic acids is 1. The van der Waals surface area contributed by atoms with Gasteiger partial charge in [-0.3, -0.25) is 14.4 Å². The molecular formula is C25H30BrClN2O6. The Bertz CT molecular complexity index is 1020. The van der Waals surface area contributed by atoms with E-state index in [9.17, 15) is 24.6 Å². The average Bonchev–Trinajstić information content (AvgIpc) is 3.42. The van der Waals surface area contributed by atoms with E-state index in [1.54, 1.807) is 30.3 Å². The average molecular weight is 570 g/mol. The predicted octanol–water partition coefficient (Wildman–Crippen LogP) is 3.10. The number of carboxylic acids is 1. The second kappa shape index (κ2) is 9.84. The van der Waals surface area contributed by atoms with Crippen molar-refractivity contribution in [2.24, 2.45) is 17.8 Å². The van der Waals surface area contributed by atoms with E-state index in [4.69, 9.17) is 16.3 Å². The molecule has 2 N–H and O–H groups in total. The summed E-state index contributed by atoms with van der Waals surface area (Å²) in [5.41, 5.74) is -0.753. The van der Waals surface area contributed by atoms with Crippen molar-refractivity contribution in [3.05, 3.63) is 41.9 Å². The Kier molecular flexibility index (Phi) is 7.35. The third-order valence-electron chi connectivity index (χ3n) is 7.81. The summed E-state index contributed by atoms with van der Waals surface area (Å²) in [6, 6.07) is 4.98. The van der Waals surface area contributed by atoms with Crippen molar-refractivity contribution in [3.8, 4) is 0 Å². The Morgan fingerprint density at radius 1 is 1.40 bits per heavy atom. The molecule has 0 saturated carbocycles. The first-order valence-electron chi connectivity index (χ1n) is 11.8. The number of rotatable bonds is 9. The zero-order chi connectivity index (χ0) is 25.7. The van der Waals surface area contributed by atoms with Crippen LogP contribution in [-0.2, 0) is 19.1 Å². The topological polar surface area (TPSA) is 107 Å². The molecule has 8 nitrogen and oxygen atoms in total. The number of hydrogen-bond donors (Lipinski definition) is 2. The number of aliphatic hydroxyl groups excluding tert-OH is 1. The van der Waals surface area contributed by atoms with Crippen LogP contribution in [0.25, 0.3) is 0 Å². The number of carboxylic acid groups (broad SMARTS) is 1. The second-order valence-electron chi connectivity index (χ2n) is 9.60. The van der Waals surface area contributed by atoms with Crippen LogP contribution in [0.15, 0.2) is 36.9 Å². The van der Waals surface area contributed by atoms with Crippen molar-refractivity contribution in [1.82, 2.24) is 4.90 Å². The number of anilines is 1. The fraction of sp³-hybridized carbons (Fsp3) is 0.560. The van der Waals surface area contributed by atoms with Gasteiger partial charge < -0.3 is 24.7 Å². The molecule has 0 aliphatic carbocycles. The highest BCUT2D eigenvalue weighted by Gasteiger charge is 2.77. The van der Waals surface area contributed by atoms with Gasteiger partial charge in [-0.25, -0.2) is 0 Å². The second-order valence-corrected chi connectivity index (χ2v) is 11.2. The van der Waals surface area contributed by atoms with Crippen molar-refractivity contribution >= 4 is 51.0 Å². The number of ether oxygens (including phenoxy) is 1. The first kappa shape index (κ1) is 26.1. The fourth-order valence-corrected chi connectivity index (χ4v) is 7.09. The number of hydrogen-bond acceptors (Lipinski definition) is 5. The molecule has 4 rings (SSSR count). The summed E-state index contributed by atoms with van der Waals surface area (Å²) in [4.78, 5) is 43.2. The van der Waals surface area contributed by atoms with Crippen molar-refractivity contribution in [3.63, 3.8) is 0 Å². The molecule has 3 aliphatic heterocycles. The number of alkyl halides is 1. The zero-order valence-electron chi connectivity index (χ0n) is 19.6. The molecule has 8 atom stereocenters. The van der Waals surface area contributed by atoms with Crippen molar-refractivity contribution in [1.29, 1.82) is 0 Å². The zero-order valence-corrected chi connectivity index (χ0v) is 22.0. The number of halogens is 2. The third kappa shape index (κ3) is 4.00. The number of amides is 2. The van der Waals surface area contributed by atoms with Crippen LogP contribution in [0.2, 0.25) is 5.02 Å². The van der Waals surface area contributed by atoms with E-state index < -0.39 is 53.4 Å². The summed E-state index contributed by atoms with van der Waals surface area (Å²) in [6.45, 7) is 7.44. The lowest BCUT2D eigenvalue weighted by Gasteiger charge is -2.41. The van der Waals surface area contributed by atoms with Crippen LogP contribution in [-0.4, -0.2) is 74.7 Å². The molecule has 190 valence electrons. The van der Waals surface area contributed by atoms with Gasteiger partial charge >= 0.3 is 5.97 Å². The summed E-state index contributed by atoms with van der Waals surface area (Å²) in [6.07, 6.45) is 1.83. The minimum absolute atomic E-state index is 0.127. The van der Waals surface area contributed by atoms with E-state index in [1.165, 1.54) is 9.80 Å². The van der Waals surface area contributed by atoms with Gasteiger partial charge in [0.1, 0.15) is 11.6 Å². The molecule has 3 saturated heterocycles. The van der Waals surface area contributed by atoms with Crippen LogP contribution in [0.4, 0.5) is 5.69 Å². The van der Waals surface area contributed by atoms with Crippen LogP contribution in [0.1, 0.15) is 26.7 Å². The Morgan fingerprint density at radius 3 is 2.60 bits per heavy atom. The lowest BCUT2D eigenvalue weighted by molar-refractivity contribution is -0.151. The van der Waals surface area contributed by atoms with Gasteiger partial charge in [-0.1, -0.05) is 53.9 Å². The number of carbonyl (C=O) groups excluding carboxylic acids is 2.